The van der Waals surface area contributed by atoms with Crippen LogP contribution in [0.2, 0.25) is 0 Å². The van der Waals surface area contributed by atoms with E-state index in [-0.39, 0.29) is 5.82 Å². The molecule has 0 aliphatic heterocycles. The van der Waals surface area contributed by atoms with Gasteiger partial charge in [-0.15, -0.1) is 0 Å². The van der Waals surface area contributed by atoms with Crippen LogP contribution in [0.25, 0.3) is 0 Å². The molecule has 0 amide bonds. The van der Waals surface area contributed by atoms with Crippen molar-refractivity contribution in [1.29, 1.82) is 0 Å². The Morgan fingerprint density at radius 1 is 1.27 bits per heavy atom. The summed E-state index contributed by atoms with van der Waals surface area (Å²) in [5.74, 6) is 0.388. The Balaban J connectivity index is 1.91. The van der Waals surface area contributed by atoms with E-state index >= 15 is 0 Å². The molecule has 0 saturated heterocycles. The van der Waals surface area contributed by atoms with Crippen LogP contribution in [-0.2, 0) is 5.60 Å². The standard InChI is InChI=1S/C12H14FNO/c13-8-5-6-11(14-7-8)12(15)9-3-1-2-4-10(9)12/h5-7,9-10,15H,1-4H2. The van der Waals surface area contributed by atoms with Crippen LogP contribution in [0.4, 0.5) is 4.39 Å². The fourth-order valence-electron chi connectivity index (χ4n) is 3.09. The zero-order valence-corrected chi connectivity index (χ0v) is 8.49. The number of hydrogen-bond donors (Lipinski definition) is 1. The Hall–Kier alpha value is -0.960. The molecular formula is C12H14FNO. The molecule has 80 valence electrons. The first-order valence-electron chi connectivity index (χ1n) is 5.57. The fourth-order valence-corrected chi connectivity index (χ4v) is 3.09. The highest BCUT2D eigenvalue weighted by Gasteiger charge is 2.65. The van der Waals surface area contributed by atoms with E-state index in [0.29, 0.717) is 17.5 Å². The number of nitrogens with zero attached hydrogens (tertiary/aromatic N) is 1. The average molecular weight is 207 g/mol. The molecule has 2 atom stereocenters. The monoisotopic (exact) mass is 207 g/mol. The Kier molecular flexibility index (Phi) is 1.87. The lowest BCUT2D eigenvalue weighted by Gasteiger charge is -2.09. The average Bonchev–Trinajstić information content (AvgIpc) is 2.88. The normalized spacial score (nSPS) is 38.5. The third-order valence-corrected chi connectivity index (χ3v) is 3.93. The molecule has 2 saturated carbocycles. The number of aliphatic hydroxyl groups is 1. The second kappa shape index (κ2) is 3.01. The summed E-state index contributed by atoms with van der Waals surface area (Å²) in [5.41, 5.74) is -0.0923. The van der Waals surface area contributed by atoms with E-state index in [1.807, 2.05) is 0 Å². The van der Waals surface area contributed by atoms with Crippen LogP contribution in [0.1, 0.15) is 31.4 Å². The number of aromatic nitrogens is 1. The number of fused-ring (bicyclic) bond motifs is 1. The minimum absolute atomic E-state index is 0.342. The maximum atomic E-state index is 12.7. The summed E-state index contributed by atoms with van der Waals surface area (Å²) in [7, 11) is 0. The van der Waals surface area contributed by atoms with Crippen LogP contribution in [0.5, 0.6) is 0 Å². The third-order valence-electron chi connectivity index (χ3n) is 3.93. The van der Waals surface area contributed by atoms with Crippen molar-refractivity contribution in [2.45, 2.75) is 31.3 Å². The molecule has 0 spiro atoms. The molecule has 2 fully saturated rings. The van der Waals surface area contributed by atoms with Crippen LogP contribution in [-0.4, -0.2) is 10.1 Å². The van der Waals surface area contributed by atoms with Crippen LogP contribution < -0.4 is 0 Å². The third kappa shape index (κ3) is 1.22. The van der Waals surface area contributed by atoms with E-state index in [9.17, 15) is 9.50 Å². The topological polar surface area (TPSA) is 33.1 Å². The Morgan fingerprint density at radius 2 is 1.93 bits per heavy atom. The van der Waals surface area contributed by atoms with Gasteiger partial charge in [-0.1, -0.05) is 12.8 Å². The zero-order chi connectivity index (χ0) is 10.5. The molecule has 1 aromatic rings. The van der Waals surface area contributed by atoms with Gasteiger partial charge in [-0.3, -0.25) is 4.98 Å². The summed E-state index contributed by atoms with van der Waals surface area (Å²) < 4.78 is 12.7. The first-order valence-corrected chi connectivity index (χ1v) is 5.57. The summed E-state index contributed by atoms with van der Waals surface area (Å²) >= 11 is 0. The lowest BCUT2D eigenvalue weighted by Crippen LogP contribution is -2.12. The minimum Gasteiger partial charge on any atom is -0.383 e. The quantitative estimate of drug-likeness (QED) is 0.766. The largest absolute Gasteiger partial charge is 0.383 e. The predicted molar refractivity (Wildman–Crippen MR) is 53.5 cm³/mol. The van der Waals surface area contributed by atoms with Gasteiger partial charge in [0.2, 0.25) is 0 Å². The molecule has 2 aliphatic carbocycles. The molecule has 1 N–H and O–H groups in total. The van der Waals surface area contributed by atoms with E-state index in [1.54, 1.807) is 6.07 Å². The summed E-state index contributed by atoms with van der Waals surface area (Å²) in [6, 6.07) is 3.00. The van der Waals surface area contributed by atoms with Crippen molar-refractivity contribution in [3.8, 4) is 0 Å². The highest BCUT2D eigenvalue weighted by atomic mass is 19.1. The maximum absolute atomic E-state index is 12.7. The first kappa shape index (κ1) is 9.28. The van der Waals surface area contributed by atoms with Gasteiger partial charge in [0, 0.05) is 0 Å². The van der Waals surface area contributed by atoms with Crippen molar-refractivity contribution >= 4 is 0 Å². The predicted octanol–water partition coefficient (Wildman–Crippen LogP) is 2.23. The first-order chi connectivity index (χ1) is 7.23. The molecule has 2 unspecified atom stereocenters. The molecule has 0 bridgehead atoms. The van der Waals surface area contributed by atoms with Crippen molar-refractivity contribution in [2.75, 3.05) is 0 Å². The summed E-state index contributed by atoms with van der Waals surface area (Å²) in [6.45, 7) is 0. The van der Waals surface area contributed by atoms with E-state index in [0.717, 1.165) is 12.8 Å². The maximum Gasteiger partial charge on any atom is 0.141 e. The van der Waals surface area contributed by atoms with Crippen LogP contribution in [0.15, 0.2) is 18.3 Å². The second-order valence-corrected chi connectivity index (χ2v) is 4.68. The van der Waals surface area contributed by atoms with E-state index < -0.39 is 5.60 Å². The highest BCUT2D eigenvalue weighted by Crippen LogP contribution is 2.63. The van der Waals surface area contributed by atoms with Gasteiger partial charge in [-0.25, -0.2) is 4.39 Å². The summed E-state index contributed by atoms with van der Waals surface area (Å²) in [5, 5.41) is 10.5. The molecule has 2 nitrogen and oxygen atoms in total. The van der Waals surface area contributed by atoms with Crippen LogP contribution in [0.3, 0.4) is 0 Å². The lowest BCUT2D eigenvalue weighted by molar-refractivity contribution is 0.113. The number of pyridine rings is 1. The molecule has 0 radical (unpaired) electrons. The fraction of sp³-hybridized carbons (Fsp3) is 0.583. The molecule has 1 heterocycles. The smallest absolute Gasteiger partial charge is 0.141 e. The SMILES string of the molecule is OC1(c2ccc(F)cn2)C2CCCCC21. The second-order valence-electron chi connectivity index (χ2n) is 4.68. The summed E-state index contributed by atoms with van der Waals surface area (Å²) in [6.07, 6.45) is 5.76. The van der Waals surface area contributed by atoms with E-state index in [2.05, 4.69) is 4.98 Å². The Morgan fingerprint density at radius 3 is 2.47 bits per heavy atom. The van der Waals surface area contributed by atoms with Crippen molar-refractivity contribution in [3.05, 3.63) is 29.8 Å². The number of halogens is 1. The van der Waals surface area contributed by atoms with Gasteiger partial charge >= 0.3 is 0 Å². The van der Waals surface area contributed by atoms with Crippen LogP contribution in [0, 0.1) is 17.7 Å². The molecular weight excluding hydrogens is 193 g/mol. The van der Waals surface area contributed by atoms with Crippen molar-refractivity contribution < 1.29 is 9.50 Å². The van der Waals surface area contributed by atoms with Gasteiger partial charge in [0.25, 0.3) is 0 Å². The van der Waals surface area contributed by atoms with Crippen molar-refractivity contribution in [2.24, 2.45) is 11.8 Å². The molecule has 1 aromatic heterocycles. The number of rotatable bonds is 1. The van der Waals surface area contributed by atoms with Gasteiger partial charge < -0.3 is 5.11 Å². The Labute approximate surface area is 88.2 Å². The summed E-state index contributed by atoms with van der Waals surface area (Å²) in [4.78, 5) is 4.01. The van der Waals surface area contributed by atoms with Gasteiger partial charge in [-0.2, -0.15) is 0 Å². The van der Waals surface area contributed by atoms with Gasteiger partial charge in [0.05, 0.1) is 11.9 Å². The van der Waals surface area contributed by atoms with E-state index in [1.165, 1.54) is 25.1 Å². The molecule has 2 aliphatic rings. The van der Waals surface area contributed by atoms with Crippen molar-refractivity contribution in [3.63, 3.8) is 0 Å². The molecule has 3 heteroatoms. The van der Waals surface area contributed by atoms with Gasteiger partial charge in [0.15, 0.2) is 0 Å². The van der Waals surface area contributed by atoms with Gasteiger partial charge in [0.1, 0.15) is 11.4 Å². The van der Waals surface area contributed by atoms with Crippen molar-refractivity contribution in [1.82, 2.24) is 4.98 Å². The lowest BCUT2D eigenvalue weighted by atomic mass is 10.0. The highest BCUT2D eigenvalue weighted by molar-refractivity contribution is 5.27. The van der Waals surface area contributed by atoms with E-state index in [4.69, 9.17) is 0 Å². The molecule has 15 heavy (non-hydrogen) atoms. The van der Waals surface area contributed by atoms with Gasteiger partial charge in [-0.05, 0) is 36.8 Å². The minimum atomic E-state index is -0.746. The Bertz CT molecular complexity index is 364. The molecule has 3 rings (SSSR count). The number of hydrogen-bond acceptors (Lipinski definition) is 2. The zero-order valence-electron chi connectivity index (χ0n) is 8.49. The van der Waals surface area contributed by atoms with Crippen LogP contribution >= 0.6 is 0 Å². The molecule has 0 aromatic carbocycles.